The molecule has 8 nitrogen and oxygen atoms in total. The molecule has 24 heavy (non-hydrogen) atoms. The SMILES string of the molecule is COC(=O)CCCCC(=O)NCCNC(=O)CCCCC(=O)OC. The van der Waals surface area contributed by atoms with E-state index in [0.29, 0.717) is 64.5 Å². The average Bonchev–Trinajstić information content (AvgIpc) is 2.58. The Morgan fingerprint density at radius 1 is 0.625 bits per heavy atom. The van der Waals surface area contributed by atoms with E-state index in [1.807, 2.05) is 0 Å². The largest absolute Gasteiger partial charge is 0.469 e. The first-order valence-corrected chi connectivity index (χ1v) is 8.16. The third-order valence-electron chi connectivity index (χ3n) is 3.29. The van der Waals surface area contributed by atoms with Gasteiger partial charge in [0, 0.05) is 38.8 Å². The molecule has 0 aliphatic heterocycles. The smallest absolute Gasteiger partial charge is 0.305 e. The molecule has 0 saturated heterocycles. The number of hydrogen-bond acceptors (Lipinski definition) is 6. The Balaban J connectivity index is 3.47. The fourth-order valence-corrected chi connectivity index (χ4v) is 1.89. The van der Waals surface area contributed by atoms with Crippen molar-refractivity contribution in [2.24, 2.45) is 0 Å². The molecule has 0 aromatic rings. The van der Waals surface area contributed by atoms with Gasteiger partial charge in [-0.1, -0.05) is 0 Å². The van der Waals surface area contributed by atoms with E-state index in [4.69, 9.17) is 0 Å². The molecular weight excluding hydrogens is 316 g/mol. The molecule has 0 aromatic carbocycles. The van der Waals surface area contributed by atoms with Gasteiger partial charge in [0.15, 0.2) is 0 Å². The lowest BCUT2D eigenvalue weighted by Crippen LogP contribution is -2.34. The molecule has 138 valence electrons. The zero-order valence-electron chi connectivity index (χ0n) is 14.5. The van der Waals surface area contributed by atoms with E-state index in [9.17, 15) is 19.2 Å². The predicted molar refractivity (Wildman–Crippen MR) is 87.0 cm³/mol. The standard InChI is InChI=1S/C16H28N2O6/c1-23-15(21)9-5-3-7-13(19)17-11-12-18-14(20)8-4-6-10-16(22)24-2/h3-12H2,1-2H3,(H,17,19)(H,18,20). The molecule has 0 aliphatic rings. The maximum absolute atomic E-state index is 11.5. The minimum absolute atomic E-state index is 0.104. The molecule has 2 N–H and O–H groups in total. The molecule has 0 atom stereocenters. The Kier molecular flexibility index (Phi) is 13.2. The van der Waals surface area contributed by atoms with E-state index in [-0.39, 0.29) is 23.8 Å². The summed E-state index contributed by atoms with van der Waals surface area (Å²) in [6, 6.07) is 0. The van der Waals surface area contributed by atoms with Crippen LogP contribution in [0.25, 0.3) is 0 Å². The molecule has 0 spiro atoms. The van der Waals surface area contributed by atoms with Crippen LogP contribution in [0.1, 0.15) is 51.4 Å². The van der Waals surface area contributed by atoms with Gasteiger partial charge >= 0.3 is 11.9 Å². The Morgan fingerprint density at radius 2 is 0.958 bits per heavy atom. The zero-order valence-corrected chi connectivity index (χ0v) is 14.5. The van der Waals surface area contributed by atoms with Gasteiger partial charge < -0.3 is 20.1 Å². The van der Waals surface area contributed by atoms with Crippen LogP contribution in [0.2, 0.25) is 0 Å². The summed E-state index contributed by atoms with van der Waals surface area (Å²) in [5.41, 5.74) is 0. The maximum Gasteiger partial charge on any atom is 0.305 e. The molecule has 0 unspecified atom stereocenters. The second kappa shape index (κ2) is 14.5. The highest BCUT2D eigenvalue weighted by Gasteiger charge is 2.05. The van der Waals surface area contributed by atoms with E-state index >= 15 is 0 Å². The van der Waals surface area contributed by atoms with E-state index < -0.39 is 0 Å². The molecular formula is C16H28N2O6. The summed E-state index contributed by atoms with van der Waals surface area (Å²) in [5, 5.41) is 5.40. The summed E-state index contributed by atoms with van der Waals surface area (Å²) in [6.07, 6.45) is 3.79. The molecule has 0 bridgehead atoms. The fourth-order valence-electron chi connectivity index (χ4n) is 1.89. The highest BCUT2D eigenvalue weighted by molar-refractivity contribution is 5.77. The molecule has 0 aromatic heterocycles. The minimum atomic E-state index is -0.273. The summed E-state index contributed by atoms with van der Waals surface area (Å²) in [7, 11) is 2.67. The number of carbonyl (C=O) groups is 4. The average molecular weight is 344 g/mol. The van der Waals surface area contributed by atoms with Gasteiger partial charge in [0.25, 0.3) is 0 Å². The number of rotatable bonds is 13. The van der Waals surface area contributed by atoms with Crippen LogP contribution in [0.15, 0.2) is 0 Å². The predicted octanol–water partition coefficient (Wildman–Crippen LogP) is 0.686. The third-order valence-corrected chi connectivity index (χ3v) is 3.29. The topological polar surface area (TPSA) is 111 Å². The summed E-state index contributed by atoms with van der Waals surface area (Å²) in [5.74, 6) is -0.756. The number of nitrogens with one attached hydrogen (secondary N) is 2. The van der Waals surface area contributed by atoms with Crippen molar-refractivity contribution >= 4 is 23.8 Å². The first kappa shape index (κ1) is 21.9. The van der Waals surface area contributed by atoms with E-state index in [1.54, 1.807) is 0 Å². The molecule has 0 radical (unpaired) electrons. The van der Waals surface area contributed by atoms with Crippen LogP contribution < -0.4 is 10.6 Å². The maximum atomic E-state index is 11.5. The van der Waals surface area contributed by atoms with Crippen molar-refractivity contribution in [1.29, 1.82) is 0 Å². The van der Waals surface area contributed by atoms with Crippen LogP contribution in [0.3, 0.4) is 0 Å². The van der Waals surface area contributed by atoms with Crippen LogP contribution in [0, 0.1) is 0 Å². The van der Waals surface area contributed by atoms with Crippen molar-refractivity contribution in [2.45, 2.75) is 51.4 Å². The van der Waals surface area contributed by atoms with Gasteiger partial charge in [-0.2, -0.15) is 0 Å². The lowest BCUT2D eigenvalue weighted by molar-refractivity contribution is -0.141. The van der Waals surface area contributed by atoms with Crippen molar-refractivity contribution in [3.63, 3.8) is 0 Å². The third kappa shape index (κ3) is 13.5. The quantitative estimate of drug-likeness (QED) is 0.375. The summed E-state index contributed by atoms with van der Waals surface area (Å²) >= 11 is 0. The Hall–Kier alpha value is -2.12. The second-order valence-corrected chi connectivity index (χ2v) is 5.27. The summed E-state index contributed by atoms with van der Waals surface area (Å²) in [6.45, 7) is 0.730. The van der Waals surface area contributed by atoms with Gasteiger partial charge in [-0.25, -0.2) is 0 Å². The molecule has 0 aliphatic carbocycles. The monoisotopic (exact) mass is 344 g/mol. The van der Waals surface area contributed by atoms with Crippen molar-refractivity contribution in [2.75, 3.05) is 27.3 Å². The van der Waals surface area contributed by atoms with Crippen molar-refractivity contribution in [3.8, 4) is 0 Å². The van der Waals surface area contributed by atoms with Crippen LogP contribution in [0.4, 0.5) is 0 Å². The summed E-state index contributed by atoms with van der Waals surface area (Å²) in [4.78, 5) is 44.8. The van der Waals surface area contributed by atoms with Crippen LogP contribution in [-0.2, 0) is 28.7 Å². The number of methoxy groups -OCH3 is 2. The normalized spacial score (nSPS) is 9.92. The number of carbonyl (C=O) groups excluding carboxylic acids is 4. The fraction of sp³-hybridized carbons (Fsp3) is 0.750. The van der Waals surface area contributed by atoms with Gasteiger partial charge in [0.05, 0.1) is 14.2 Å². The zero-order chi connectivity index (χ0) is 18.2. The van der Waals surface area contributed by atoms with Gasteiger partial charge in [0.1, 0.15) is 0 Å². The van der Waals surface area contributed by atoms with Gasteiger partial charge in [-0.15, -0.1) is 0 Å². The van der Waals surface area contributed by atoms with Gasteiger partial charge in [-0.3, -0.25) is 19.2 Å². The van der Waals surface area contributed by atoms with E-state index in [2.05, 4.69) is 20.1 Å². The van der Waals surface area contributed by atoms with Gasteiger partial charge in [0.2, 0.25) is 11.8 Å². The molecule has 8 heteroatoms. The molecule has 0 saturated carbocycles. The lowest BCUT2D eigenvalue weighted by Gasteiger charge is -2.07. The highest BCUT2D eigenvalue weighted by Crippen LogP contribution is 2.01. The second-order valence-electron chi connectivity index (χ2n) is 5.27. The van der Waals surface area contributed by atoms with Crippen molar-refractivity contribution < 1.29 is 28.7 Å². The molecule has 0 fully saturated rings. The van der Waals surface area contributed by atoms with Crippen molar-refractivity contribution in [1.82, 2.24) is 10.6 Å². The number of hydrogen-bond donors (Lipinski definition) is 2. The van der Waals surface area contributed by atoms with Crippen molar-refractivity contribution in [3.05, 3.63) is 0 Å². The Bertz CT molecular complexity index is 373. The van der Waals surface area contributed by atoms with Crippen LogP contribution >= 0.6 is 0 Å². The first-order chi connectivity index (χ1) is 11.5. The Labute approximate surface area is 142 Å². The number of esters is 2. The Morgan fingerprint density at radius 3 is 1.29 bits per heavy atom. The number of unbranched alkanes of at least 4 members (excludes halogenated alkanes) is 2. The van der Waals surface area contributed by atoms with Crippen LogP contribution in [-0.4, -0.2) is 51.1 Å². The first-order valence-electron chi connectivity index (χ1n) is 8.16. The van der Waals surface area contributed by atoms with Crippen LogP contribution in [0.5, 0.6) is 0 Å². The molecule has 0 rings (SSSR count). The summed E-state index contributed by atoms with van der Waals surface area (Å²) < 4.78 is 9.02. The number of ether oxygens (including phenoxy) is 2. The van der Waals surface area contributed by atoms with E-state index in [0.717, 1.165) is 0 Å². The highest BCUT2D eigenvalue weighted by atomic mass is 16.5. The number of amides is 2. The lowest BCUT2D eigenvalue weighted by atomic mass is 10.2. The molecule has 2 amide bonds. The minimum Gasteiger partial charge on any atom is -0.469 e. The van der Waals surface area contributed by atoms with E-state index in [1.165, 1.54) is 14.2 Å². The van der Waals surface area contributed by atoms with Gasteiger partial charge in [-0.05, 0) is 25.7 Å². The molecule has 0 heterocycles.